The molecule has 1 N–H and O–H groups in total. The summed E-state index contributed by atoms with van der Waals surface area (Å²) < 4.78 is 1.74. The van der Waals surface area contributed by atoms with E-state index in [9.17, 15) is 9.59 Å². The highest BCUT2D eigenvalue weighted by Crippen LogP contribution is 2.29. The molecule has 0 radical (unpaired) electrons. The van der Waals surface area contributed by atoms with Crippen molar-refractivity contribution in [3.63, 3.8) is 0 Å². The summed E-state index contributed by atoms with van der Waals surface area (Å²) in [4.78, 5) is 30.6. The van der Waals surface area contributed by atoms with Crippen molar-refractivity contribution in [2.24, 2.45) is 0 Å². The monoisotopic (exact) mass is 513 g/mol. The van der Waals surface area contributed by atoms with Gasteiger partial charge in [0.25, 0.3) is 11.5 Å². The van der Waals surface area contributed by atoms with Crippen molar-refractivity contribution in [1.29, 1.82) is 0 Å². The van der Waals surface area contributed by atoms with Crippen molar-refractivity contribution >= 4 is 16.7 Å². The number of carbonyl (C=O) groups excluding carboxylic acids is 1. The molecule has 1 aromatic heterocycles. The molecule has 4 aromatic carbocycles. The van der Waals surface area contributed by atoms with Crippen molar-refractivity contribution in [2.75, 3.05) is 0 Å². The molecule has 0 bridgehead atoms. The molecule has 39 heavy (non-hydrogen) atoms. The highest BCUT2D eigenvalue weighted by molar-refractivity contribution is 6.08. The SMILES string of the molecule is CC[C@H](NC(=O)c1c(CN2Cc3ccccc3C2)n(-c2ccccc2)c(=O)c2ccccc12)c1ccccc1. The first-order valence-electron chi connectivity index (χ1n) is 13.5. The zero-order valence-electron chi connectivity index (χ0n) is 22.0. The van der Waals surface area contributed by atoms with E-state index in [1.54, 1.807) is 4.57 Å². The van der Waals surface area contributed by atoms with E-state index in [-0.39, 0.29) is 17.5 Å². The van der Waals surface area contributed by atoms with Crippen molar-refractivity contribution in [3.05, 3.63) is 147 Å². The topological polar surface area (TPSA) is 54.3 Å². The van der Waals surface area contributed by atoms with Gasteiger partial charge in [0.2, 0.25) is 0 Å². The van der Waals surface area contributed by atoms with Crippen LogP contribution in [-0.2, 0) is 19.6 Å². The molecule has 1 amide bonds. The third-order valence-electron chi connectivity index (χ3n) is 7.63. The third-order valence-corrected chi connectivity index (χ3v) is 7.63. The molecule has 5 aromatic rings. The highest BCUT2D eigenvalue weighted by Gasteiger charge is 2.27. The maximum atomic E-state index is 14.3. The molecule has 0 fully saturated rings. The molecule has 0 saturated heterocycles. The van der Waals surface area contributed by atoms with Crippen LogP contribution in [0.25, 0.3) is 16.5 Å². The molecule has 2 heterocycles. The molecule has 0 aliphatic carbocycles. The van der Waals surface area contributed by atoms with Crippen LogP contribution in [0.2, 0.25) is 0 Å². The summed E-state index contributed by atoms with van der Waals surface area (Å²) in [6, 6.07) is 35.4. The molecular formula is C34H31N3O2. The fourth-order valence-electron chi connectivity index (χ4n) is 5.72. The largest absolute Gasteiger partial charge is 0.345 e. The van der Waals surface area contributed by atoms with E-state index in [2.05, 4.69) is 41.4 Å². The van der Waals surface area contributed by atoms with Crippen LogP contribution in [0.3, 0.4) is 0 Å². The molecule has 6 rings (SSSR count). The van der Waals surface area contributed by atoms with Crippen LogP contribution in [0.5, 0.6) is 0 Å². The van der Waals surface area contributed by atoms with Crippen molar-refractivity contribution < 1.29 is 4.79 Å². The van der Waals surface area contributed by atoms with Gasteiger partial charge in [0.1, 0.15) is 0 Å². The van der Waals surface area contributed by atoms with Crippen molar-refractivity contribution in [1.82, 2.24) is 14.8 Å². The standard InChI is InChI=1S/C34H31N3O2/c1-2-30(24-13-5-3-6-14-24)35-33(38)32-28-19-11-12-20-29(28)34(39)37(27-17-7-4-8-18-27)31(32)23-36-21-25-15-9-10-16-26(25)22-36/h3-20,30H,2,21-23H2,1H3,(H,35,38)/t30-/m0/s1. The summed E-state index contributed by atoms with van der Waals surface area (Å²) in [5, 5.41) is 4.52. The van der Waals surface area contributed by atoms with Crippen LogP contribution in [-0.4, -0.2) is 15.4 Å². The van der Waals surface area contributed by atoms with Crippen LogP contribution in [0.4, 0.5) is 0 Å². The minimum absolute atomic E-state index is 0.116. The summed E-state index contributed by atoms with van der Waals surface area (Å²) in [7, 11) is 0. The van der Waals surface area contributed by atoms with Gasteiger partial charge in [-0.15, -0.1) is 0 Å². The number of aromatic nitrogens is 1. The maximum Gasteiger partial charge on any atom is 0.263 e. The number of fused-ring (bicyclic) bond motifs is 2. The smallest absolute Gasteiger partial charge is 0.263 e. The fraction of sp³-hybridized carbons (Fsp3) is 0.176. The van der Waals surface area contributed by atoms with Crippen molar-refractivity contribution in [2.45, 2.75) is 39.0 Å². The molecule has 1 atom stereocenters. The van der Waals surface area contributed by atoms with Gasteiger partial charge in [-0.05, 0) is 41.3 Å². The number of carbonyl (C=O) groups is 1. The Bertz CT molecular complexity index is 1670. The second-order valence-electron chi connectivity index (χ2n) is 10.1. The Labute approximate surface area is 228 Å². The van der Waals surface area contributed by atoms with Crippen LogP contribution >= 0.6 is 0 Å². The molecule has 0 spiro atoms. The van der Waals surface area contributed by atoms with Gasteiger partial charge in [0, 0.05) is 36.1 Å². The van der Waals surface area contributed by atoms with Gasteiger partial charge >= 0.3 is 0 Å². The number of pyridine rings is 1. The predicted molar refractivity (Wildman–Crippen MR) is 156 cm³/mol. The van der Waals surface area contributed by atoms with Crippen LogP contribution < -0.4 is 10.9 Å². The Morgan fingerprint density at radius 2 is 1.33 bits per heavy atom. The lowest BCUT2D eigenvalue weighted by Gasteiger charge is -2.25. The Morgan fingerprint density at radius 1 is 0.769 bits per heavy atom. The molecule has 1 aliphatic heterocycles. The lowest BCUT2D eigenvalue weighted by molar-refractivity contribution is 0.0934. The summed E-state index contributed by atoms with van der Waals surface area (Å²) in [6.07, 6.45) is 0.753. The number of hydrogen-bond donors (Lipinski definition) is 1. The number of rotatable bonds is 7. The van der Waals surface area contributed by atoms with Crippen molar-refractivity contribution in [3.8, 4) is 5.69 Å². The molecule has 194 valence electrons. The van der Waals surface area contributed by atoms with Gasteiger partial charge in [-0.1, -0.05) is 97.9 Å². The van der Waals surface area contributed by atoms with Gasteiger partial charge < -0.3 is 5.32 Å². The van der Waals surface area contributed by atoms with E-state index in [4.69, 9.17) is 0 Å². The van der Waals surface area contributed by atoms with E-state index >= 15 is 0 Å². The summed E-state index contributed by atoms with van der Waals surface area (Å²) in [5.74, 6) is -0.168. The van der Waals surface area contributed by atoms with E-state index < -0.39 is 0 Å². The highest BCUT2D eigenvalue weighted by atomic mass is 16.2. The number of para-hydroxylation sites is 1. The van der Waals surface area contributed by atoms with Gasteiger partial charge in [-0.3, -0.25) is 19.1 Å². The number of benzene rings is 4. The Balaban J connectivity index is 1.52. The molecular weight excluding hydrogens is 482 g/mol. The second-order valence-corrected chi connectivity index (χ2v) is 10.1. The average Bonchev–Trinajstić information content (AvgIpc) is 3.39. The van der Waals surface area contributed by atoms with E-state index in [0.717, 1.165) is 30.8 Å². The lowest BCUT2D eigenvalue weighted by atomic mass is 9.99. The Hall–Kier alpha value is -4.48. The Kier molecular flexibility index (Phi) is 6.82. The summed E-state index contributed by atoms with van der Waals surface area (Å²) >= 11 is 0. The number of nitrogens with zero attached hydrogens (tertiary/aromatic N) is 2. The van der Waals surface area contributed by atoms with Crippen LogP contribution in [0, 0.1) is 0 Å². The van der Waals surface area contributed by atoms with E-state index in [1.165, 1.54) is 11.1 Å². The fourth-order valence-corrected chi connectivity index (χ4v) is 5.72. The minimum atomic E-state index is -0.168. The second kappa shape index (κ2) is 10.7. The molecule has 5 heteroatoms. The van der Waals surface area contributed by atoms with Gasteiger partial charge in [-0.2, -0.15) is 0 Å². The first-order valence-corrected chi connectivity index (χ1v) is 13.5. The first kappa shape index (κ1) is 24.8. The van der Waals surface area contributed by atoms with E-state index in [1.807, 2.05) is 84.9 Å². The normalized spacial score (nSPS) is 13.8. The quantitative estimate of drug-likeness (QED) is 0.274. The van der Waals surface area contributed by atoms with Crippen LogP contribution in [0.1, 0.15) is 52.1 Å². The number of nitrogens with one attached hydrogen (secondary N) is 1. The van der Waals surface area contributed by atoms with Crippen LogP contribution in [0.15, 0.2) is 114 Å². The van der Waals surface area contributed by atoms with Gasteiger partial charge in [-0.25, -0.2) is 0 Å². The zero-order chi connectivity index (χ0) is 26.8. The Morgan fingerprint density at radius 3 is 1.97 bits per heavy atom. The van der Waals surface area contributed by atoms with Gasteiger partial charge in [0.15, 0.2) is 0 Å². The lowest BCUT2D eigenvalue weighted by Crippen LogP contribution is -2.34. The average molecular weight is 514 g/mol. The molecule has 5 nitrogen and oxygen atoms in total. The number of hydrogen-bond acceptors (Lipinski definition) is 3. The predicted octanol–water partition coefficient (Wildman–Crippen LogP) is 6.39. The molecule has 0 unspecified atom stereocenters. The zero-order valence-corrected chi connectivity index (χ0v) is 22.0. The van der Waals surface area contributed by atoms with Gasteiger partial charge in [0.05, 0.1) is 17.3 Å². The first-order chi connectivity index (χ1) is 19.1. The van der Waals surface area contributed by atoms with E-state index in [0.29, 0.717) is 28.6 Å². The maximum absolute atomic E-state index is 14.3. The third kappa shape index (κ3) is 4.77. The minimum Gasteiger partial charge on any atom is -0.345 e. The molecule has 1 aliphatic rings. The summed E-state index contributed by atoms with van der Waals surface area (Å²) in [5.41, 5.74) is 5.53. The summed E-state index contributed by atoms with van der Waals surface area (Å²) in [6.45, 7) is 4.08. The molecule has 0 saturated carbocycles. The number of amides is 1.